The first-order valence-electron chi connectivity index (χ1n) is 27.7. The molecule has 4 aromatic carbocycles. The molecule has 3 amide bonds. The fourth-order valence-corrected chi connectivity index (χ4v) is 11.1. The highest BCUT2D eigenvalue weighted by Crippen LogP contribution is 2.54. The van der Waals surface area contributed by atoms with Crippen LogP contribution < -0.4 is 31.5 Å². The van der Waals surface area contributed by atoms with Gasteiger partial charge in [0.05, 0.1) is 59.9 Å². The summed E-state index contributed by atoms with van der Waals surface area (Å²) in [6, 6.07) is 16.5. The van der Waals surface area contributed by atoms with Crippen molar-refractivity contribution in [3.8, 4) is 51.5 Å². The maximum atomic E-state index is 13.2. The molecule has 0 unspecified atom stereocenters. The number of nitrogens with one attached hydrogen (secondary N) is 1. The lowest BCUT2D eigenvalue weighted by Gasteiger charge is -2.23. The lowest BCUT2D eigenvalue weighted by Crippen LogP contribution is -2.29. The summed E-state index contributed by atoms with van der Waals surface area (Å²) in [6.07, 6.45) is 8.33. The number of nitrogens with zero attached hydrogens (tertiary/aromatic N) is 13. The number of hydrazine groups is 1. The number of fused-ring (bicyclic) bond motifs is 6. The van der Waals surface area contributed by atoms with E-state index in [4.69, 9.17) is 20.0 Å². The summed E-state index contributed by atoms with van der Waals surface area (Å²) in [5.41, 5.74) is 10.1. The number of benzene rings is 4. The number of amides is 3. The largest absolute Gasteiger partial charge is 0.507 e. The van der Waals surface area contributed by atoms with Gasteiger partial charge in [0.2, 0.25) is 0 Å². The zero-order valence-corrected chi connectivity index (χ0v) is 51.3. The average molecular weight is 1270 g/mol. The average Bonchev–Trinajstić information content (AvgIpc) is 1.71. The summed E-state index contributed by atoms with van der Waals surface area (Å²) >= 11 is 0. The van der Waals surface area contributed by atoms with E-state index in [1.165, 1.54) is 38.6 Å². The van der Waals surface area contributed by atoms with Gasteiger partial charge in [0.1, 0.15) is 24.4 Å². The molecule has 8 heterocycles. The predicted molar refractivity (Wildman–Crippen MR) is 343 cm³/mol. The Labute approximate surface area is 527 Å². The number of carbonyl (C=O) groups is 4. The molecule has 0 spiro atoms. The van der Waals surface area contributed by atoms with Gasteiger partial charge in [-0.3, -0.25) is 45.4 Å². The number of aromatic hydroxyl groups is 7. The van der Waals surface area contributed by atoms with Crippen molar-refractivity contribution in [2.45, 2.75) is 53.4 Å². The van der Waals surface area contributed by atoms with E-state index in [1.807, 2.05) is 27.7 Å². The maximum Gasteiger partial charge on any atom is 0.324 e. The molecule has 93 heavy (non-hydrogen) atoms. The molecule has 0 bridgehead atoms. The first-order valence-corrected chi connectivity index (χ1v) is 27.7. The number of hydrogen-bond donors (Lipinski definition) is 10. The van der Waals surface area contributed by atoms with Gasteiger partial charge in [0.15, 0.2) is 57.4 Å². The molecule has 0 atom stereocenters. The molecular formula is C62H62N16O15. The Balaban J connectivity index is 0.000000301. The van der Waals surface area contributed by atoms with Gasteiger partial charge in [0, 0.05) is 64.9 Å². The third-order valence-corrected chi connectivity index (χ3v) is 15.1. The van der Waals surface area contributed by atoms with E-state index in [-0.39, 0.29) is 90.5 Å². The summed E-state index contributed by atoms with van der Waals surface area (Å²) in [5.74, 6) is 2.66. The molecule has 0 radical (unpaired) electrons. The smallest absolute Gasteiger partial charge is 0.324 e. The van der Waals surface area contributed by atoms with Crippen LogP contribution in [0.1, 0.15) is 94.4 Å². The van der Waals surface area contributed by atoms with E-state index in [9.17, 15) is 54.9 Å². The van der Waals surface area contributed by atoms with E-state index in [0.29, 0.717) is 61.0 Å². The van der Waals surface area contributed by atoms with Crippen LogP contribution >= 0.6 is 0 Å². The quantitative estimate of drug-likeness (QED) is 0.0161. The summed E-state index contributed by atoms with van der Waals surface area (Å²) < 4.78 is 1.13. The second-order valence-corrected chi connectivity index (χ2v) is 20.9. The van der Waals surface area contributed by atoms with Gasteiger partial charge in [-0.1, -0.05) is 39.8 Å². The number of rotatable bonds is 11. The van der Waals surface area contributed by atoms with E-state index in [2.05, 4.69) is 57.1 Å². The summed E-state index contributed by atoms with van der Waals surface area (Å²) in [4.78, 5) is 81.2. The number of hydroxylamine groups is 2. The Kier molecular flexibility index (Phi) is 19.5. The van der Waals surface area contributed by atoms with Crippen LogP contribution in [0.4, 0.5) is 23.1 Å². The van der Waals surface area contributed by atoms with Crippen molar-refractivity contribution < 1.29 is 74.9 Å². The highest BCUT2D eigenvalue weighted by atomic mass is 16.7. The number of aromatic nitrogens is 5. The molecule has 31 nitrogen and oxygen atoms in total. The third kappa shape index (κ3) is 11.3. The molecule has 12 rings (SSSR count). The number of phenols is 6. The number of carbonyl (C=O) groups excluding carboxylic acids is 4. The SMILES string of the molecule is CON1C(=O)/C(=N/N=C/c2c(O)c(O)c(C(C)C)c3cc(C)c(-c4c(C)cc5c(C(C)C)c(O)c(O)c(/C=N/N=C6\C(=O)N(C)c7ncccc76)c5c4O)c(O)c23)c2cccnc21.CON1C(=O)C(=O)c2cccnc21.COn1c(O)c(N=N)c2cccnc21.NN.O. The standard InChI is InChI=1S/C46H42N8O9.C8H8N4O2.C8H6N2O3.H4N2.H2O/c1-19(2)29-25-15-21(5)31(39(57)33(25)27(37(55)41(29)59)17-49-51-35-23-11-9-13-47-43(23)53(7)45(35)61)32-22(6)16-26-30(20(3)4)42(60)38(56)28(34(26)40(32)58)18-50-52-36-24-12-10-14-48-44(24)54(63-8)46(36)62;1-14-12-7-5(3-2-4-10-7)6(11-9)8(12)13;1-13-10-7-5(3-2-4-9-7)6(11)8(10)12;1-2;/h9-20,55-60H,1-8H3;2-4,9,13H,1H3;2-4H,1H3;1-2H2;1H2/b49-17+,50-18+,51-35-,52-36+;;;;. The van der Waals surface area contributed by atoms with E-state index >= 15 is 0 Å². The fraction of sp³-hybridized carbons (Fsp3) is 0.194. The lowest BCUT2D eigenvalue weighted by molar-refractivity contribution is -0.120. The normalized spacial score (nSPS) is 14.1. The van der Waals surface area contributed by atoms with Crippen molar-refractivity contribution >= 4 is 103 Å². The van der Waals surface area contributed by atoms with E-state index in [0.717, 1.165) is 27.3 Å². The van der Waals surface area contributed by atoms with Gasteiger partial charge in [0.25, 0.3) is 17.6 Å². The van der Waals surface area contributed by atoms with Crippen molar-refractivity contribution in [1.29, 1.82) is 5.53 Å². The Morgan fingerprint density at radius 2 is 0.968 bits per heavy atom. The van der Waals surface area contributed by atoms with Crippen LogP contribution in [0.25, 0.3) is 43.7 Å². The number of Topliss-reactive ketones (excluding diaryl/α,β-unsaturated/α-hetero) is 1. The number of ketones is 1. The highest BCUT2D eigenvalue weighted by Gasteiger charge is 2.39. The highest BCUT2D eigenvalue weighted by molar-refractivity contribution is 6.54. The van der Waals surface area contributed by atoms with E-state index < -0.39 is 58.0 Å². The monoisotopic (exact) mass is 1270 g/mol. The molecule has 9 aromatic rings. The predicted octanol–water partition coefficient (Wildman–Crippen LogP) is 6.71. The van der Waals surface area contributed by atoms with E-state index in [1.54, 1.807) is 94.0 Å². The molecule has 0 fully saturated rings. The van der Waals surface area contributed by atoms with Crippen LogP contribution in [0.3, 0.4) is 0 Å². The summed E-state index contributed by atoms with van der Waals surface area (Å²) in [6.45, 7) is 10.7. The second-order valence-electron chi connectivity index (χ2n) is 20.9. The number of anilines is 3. The van der Waals surface area contributed by atoms with Crippen molar-refractivity contribution in [2.75, 3.05) is 43.4 Å². The molecule has 31 heteroatoms. The van der Waals surface area contributed by atoms with Crippen LogP contribution in [0, 0.1) is 19.4 Å². The van der Waals surface area contributed by atoms with Gasteiger partial charge >= 0.3 is 11.8 Å². The molecule has 5 aromatic heterocycles. The number of likely N-dealkylation sites (N-methyl/N-ethyl adjacent to an activating group) is 1. The minimum atomic E-state index is -0.698. The minimum Gasteiger partial charge on any atom is -0.507 e. The van der Waals surface area contributed by atoms with Crippen LogP contribution in [0.15, 0.2) is 111 Å². The van der Waals surface area contributed by atoms with Crippen LogP contribution in [-0.4, -0.2) is 142 Å². The summed E-state index contributed by atoms with van der Waals surface area (Å²) in [5, 5.41) is 104. The van der Waals surface area contributed by atoms with Crippen molar-refractivity contribution in [2.24, 2.45) is 37.2 Å². The number of hydrogen-bond acceptors (Lipinski definition) is 26. The Bertz CT molecular complexity index is 4680. The molecule has 3 aliphatic rings. The number of nitrogens with two attached hydrogens (primary N) is 2. The third-order valence-electron chi connectivity index (χ3n) is 15.1. The van der Waals surface area contributed by atoms with Gasteiger partial charge in [-0.05, 0) is 96.1 Å². The van der Waals surface area contributed by atoms with Gasteiger partial charge in [-0.25, -0.2) is 25.5 Å². The van der Waals surface area contributed by atoms with Crippen molar-refractivity contribution in [3.05, 3.63) is 136 Å². The van der Waals surface area contributed by atoms with Gasteiger partial charge in [-0.2, -0.15) is 25.4 Å². The van der Waals surface area contributed by atoms with Crippen LogP contribution in [-0.2, 0) is 24.1 Å². The fourth-order valence-electron chi connectivity index (χ4n) is 11.1. The summed E-state index contributed by atoms with van der Waals surface area (Å²) in [7, 11) is 5.58. The Morgan fingerprint density at radius 1 is 0.548 bits per heavy atom. The molecular weight excluding hydrogens is 1210 g/mol. The first kappa shape index (κ1) is 67.0. The number of aryl methyl sites for hydroxylation is 2. The van der Waals surface area contributed by atoms with Crippen molar-refractivity contribution in [3.63, 3.8) is 0 Å². The zero-order chi connectivity index (χ0) is 66.9. The number of pyridine rings is 4. The lowest BCUT2D eigenvalue weighted by atomic mass is 9.83. The zero-order valence-electron chi connectivity index (χ0n) is 51.3. The molecule has 0 aliphatic carbocycles. The van der Waals surface area contributed by atoms with Gasteiger partial charge in [-0.15, -0.1) is 14.9 Å². The maximum absolute atomic E-state index is 13.2. The molecule has 3 aliphatic heterocycles. The molecule has 480 valence electrons. The first-order chi connectivity index (χ1) is 44.1. The second kappa shape index (κ2) is 27.1. The minimum absolute atomic E-state index is 0. The Morgan fingerprint density at radius 3 is 1.43 bits per heavy atom. The molecule has 0 saturated carbocycles. The topological polar surface area (TPSA) is 473 Å². The molecule has 14 N–H and O–H groups in total. The van der Waals surface area contributed by atoms with Crippen LogP contribution in [0.5, 0.6) is 40.4 Å². The van der Waals surface area contributed by atoms with Crippen molar-refractivity contribution in [1.82, 2.24) is 24.7 Å². The van der Waals surface area contributed by atoms with Gasteiger partial charge < -0.3 is 46.1 Å². The molecule has 0 saturated heterocycles. The Hall–Kier alpha value is -11.9. The number of phenolic OH excluding ortho intramolecular Hbond substituents is 6. The van der Waals surface area contributed by atoms with Crippen LogP contribution in [0.2, 0.25) is 0 Å².